The zero-order valence-electron chi connectivity index (χ0n) is 10.7. The molecule has 0 N–H and O–H groups in total. The molecular formula is C14H9ClF2O3S. The Morgan fingerprint density at radius 3 is 2.10 bits per heavy atom. The molecule has 21 heavy (non-hydrogen) atoms. The van der Waals surface area contributed by atoms with Crippen molar-refractivity contribution in [3.8, 4) is 0 Å². The maximum Gasteiger partial charge on any atom is 0.194 e. The zero-order chi connectivity index (χ0) is 15.8. The van der Waals surface area contributed by atoms with Gasteiger partial charge in [-0.15, -0.1) is 0 Å². The summed E-state index contributed by atoms with van der Waals surface area (Å²) in [7, 11) is -3.38. The quantitative estimate of drug-likeness (QED) is 0.641. The Labute approximate surface area is 125 Å². The van der Waals surface area contributed by atoms with Gasteiger partial charge in [0.2, 0.25) is 0 Å². The van der Waals surface area contributed by atoms with Gasteiger partial charge in [-0.1, -0.05) is 11.6 Å². The molecular weight excluding hydrogens is 322 g/mol. The highest BCUT2D eigenvalue weighted by molar-refractivity contribution is 7.90. The van der Waals surface area contributed by atoms with E-state index in [1.807, 2.05) is 0 Å². The minimum Gasteiger partial charge on any atom is -0.289 e. The van der Waals surface area contributed by atoms with Gasteiger partial charge in [-0.05, 0) is 36.4 Å². The fraction of sp³-hybridized carbons (Fsp3) is 0.0714. The molecule has 110 valence electrons. The summed E-state index contributed by atoms with van der Waals surface area (Å²) in [5, 5.41) is -0.217. The lowest BCUT2D eigenvalue weighted by atomic mass is 10.0. The SMILES string of the molecule is CS(=O)(=O)c1ccc(C(=O)c2cc(F)c(F)cc2Cl)cc1. The van der Waals surface area contributed by atoms with E-state index >= 15 is 0 Å². The van der Waals surface area contributed by atoms with Gasteiger partial charge in [-0.2, -0.15) is 0 Å². The van der Waals surface area contributed by atoms with Crippen LogP contribution in [0, 0.1) is 11.6 Å². The van der Waals surface area contributed by atoms with Crippen LogP contribution < -0.4 is 0 Å². The standard InChI is InChI=1S/C14H9ClF2O3S/c1-21(19,20)9-4-2-8(3-5-9)14(18)10-6-12(16)13(17)7-11(10)15/h2-7H,1H3. The smallest absolute Gasteiger partial charge is 0.194 e. The van der Waals surface area contributed by atoms with E-state index in [1.165, 1.54) is 24.3 Å². The molecule has 0 heterocycles. The summed E-state index contributed by atoms with van der Waals surface area (Å²) in [6.45, 7) is 0. The highest BCUT2D eigenvalue weighted by Gasteiger charge is 2.17. The maximum atomic E-state index is 13.2. The number of halogens is 3. The molecule has 2 aromatic carbocycles. The third kappa shape index (κ3) is 3.28. The molecule has 0 atom stereocenters. The summed E-state index contributed by atoms with van der Waals surface area (Å²) in [4.78, 5) is 12.2. The molecule has 0 fully saturated rings. The average Bonchev–Trinajstić information content (AvgIpc) is 2.41. The predicted molar refractivity (Wildman–Crippen MR) is 74.4 cm³/mol. The third-order valence-corrected chi connectivity index (χ3v) is 4.24. The molecule has 3 nitrogen and oxygen atoms in total. The number of sulfone groups is 1. The van der Waals surface area contributed by atoms with Crippen LogP contribution in [0.1, 0.15) is 15.9 Å². The number of rotatable bonds is 3. The Hall–Kier alpha value is -1.79. The van der Waals surface area contributed by atoms with Crippen LogP contribution in [0.25, 0.3) is 0 Å². The highest BCUT2D eigenvalue weighted by atomic mass is 35.5. The molecule has 0 aliphatic carbocycles. The van der Waals surface area contributed by atoms with E-state index in [9.17, 15) is 22.0 Å². The van der Waals surface area contributed by atoms with E-state index in [4.69, 9.17) is 11.6 Å². The van der Waals surface area contributed by atoms with Gasteiger partial charge in [0.1, 0.15) is 0 Å². The van der Waals surface area contributed by atoms with E-state index < -0.39 is 27.3 Å². The number of hydrogen-bond acceptors (Lipinski definition) is 3. The molecule has 0 bridgehead atoms. The van der Waals surface area contributed by atoms with Crippen molar-refractivity contribution in [1.29, 1.82) is 0 Å². The van der Waals surface area contributed by atoms with Crippen molar-refractivity contribution in [2.24, 2.45) is 0 Å². The molecule has 0 saturated heterocycles. The summed E-state index contributed by atoms with van der Waals surface area (Å²) < 4.78 is 48.8. The van der Waals surface area contributed by atoms with Gasteiger partial charge in [0, 0.05) is 17.4 Å². The average molecular weight is 331 g/mol. The van der Waals surface area contributed by atoms with Crippen molar-refractivity contribution < 1.29 is 22.0 Å². The Morgan fingerprint density at radius 1 is 1.05 bits per heavy atom. The molecule has 2 rings (SSSR count). The van der Waals surface area contributed by atoms with Crippen LogP contribution in [-0.4, -0.2) is 20.5 Å². The lowest BCUT2D eigenvalue weighted by molar-refractivity contribution is 0.103. The molecule has 2 aromatic rings. The van der Waals surface area contributed by atoms with Crippen molar-refractivity contribution in [1.82, 2.24) is 0 Å². The first-order chi connectivity index (χ1) is 9.70. The van der Waals surface area contributed by atoms with E-state index in [1.54, 1.807) is 0 Å². The minimum absolute atomic E-state index is 0.0513. The van der Waals surface area contributed by atoms with Gasteiger partial charge < -0.3 is 0 Å². The van der Waals surface area contributed by atoms with Gasteiger partial charge in [0.25, 0.3) is 0 Å². The third-order valence-electron chi connectivity index (χ3n) is 2.80. The molecule has 0 amide bonds. The topological polar surface area (TPSA) is 51.2 Å². The number of hydrogen-bond donors (Lipinski definition) is 0. The van der Waals surface area contributed by atoms with Gasteiger partial charge in [0.15, 0.2) is 27.3 Å². The number of carbonyl (C=O) groups is 1. The summed E-state index contributed by atoms with van der Waals surface area (Å²) in [6, 6.07) is 6.53. The summed E-state index contributed by atoms with van der Waals surface area (Å²) in [6.07, 6.45) is 1.04. The molecule has 0 spiro atoms. The van der Waals surface area contributed by atoms with Crippen LogP contribution in [0.15, 0.2) is 41.3 Å². The predicted octanol–water partition coefficient (Wildman–Crippen LogP) is 3.25. The molecule has 0 aliphatic heterocycles. The van der Waals surface area contributed by atoms with Crippen LogP contribution in [-0.2, 0) is 9.84 Å². The summed E-state index contributed by atoms with van der Waals surface area (Å²) >= 11 is 5.73. The van der Waals surface area contributed by atoms with Gasteiger partial charge in [-0.3, -0.25) is 4.79 Å². The minimum atomic E-state index is -3.38. The van der Waals surface area contributed by atoms with Crippen LogP contribution in [0.5, 0.6) is 0 Å². The van der Waals surface area contributed by atoms with Crippen LogP contribution in [0.3, 0.4) is 0 Å². The first kappa shape index (κ1) is 15.6. The van der Waals surface area contributed by atoms with Crippen LogP contribution in [0.2, 0.25) is 5.02 Å². The number of carbonyl (C=O) groups excluding carboxylic acids is 1. The molecule has 0 saturated carbocycles. The number of benzene rings is 2. The number of ketones is 1. The van der Waals surface area contributed by atoms with Gasteiger partial charge >= 0.3 is 0 Å². The van der Waals surface area contributed by atoms with Gasteiger partial charge in [0.05, 0.1) is 9.92 Å². The van der Waals surface area contributed by atoms with Crippen LogP contribution >= 0.6 is 11.6 Å². The molecule has 0 aliphatic rings. The van der Waals surface area contributed by atoms with E-state index in [0.717, 1.165) is 12.3 Å². The summed E-state index contributed by atoms with van der Waals surface area (Å²) in [5.74, 6) is -2.96. The largest absolute Gasteiger partial charge is 0.289 e. The second kappa shape index (κ2) is 5.54. The van der Waals surface area contributed by atoms with Crippen molar-refractivity contribution in [3.05, 3.63) is 64.2 Å². The monoisotopic (exact) mass is 330 g/mol. The Balaban J connectivity index is 2.44. The highest BCUT2D eigenvalue weighted by Crippen LogP contribution is 2.23. The van der Waals surface area contributed by atoms with Gasteiger partial charge in [-0.25, -0.2) is 17.2 Å². The maximum absolute atomic E-state index is 13.2. The second-order valence-electron chi connectivity index (χ2n) is 4.37. The first-order valence-electron chi connectivity index (χ1n) is 5.69. The zero-order valence-corrected chi connectivity index (χ0v) is 12.3. The van der Waals surface area contributed by atoms with Crippen molar-refractivity contribution >= 4 is 27.2 Å². The lowest BCUT2D eigenvalue weighted by Gasteiger charge is -2.05. The fourth-order valence-electron chi connectivity index (χ4n) is 1.71. The van der Waals surface area contributed by atoms with E-state index in [2.05, 4.69) is 0 Å². The Morgan fingerprint density at radius 2 is 1.57 bits per heavy atom. The van der Waals surface area contributed by atoms with Crippen molar-refractivity contribution in [2.75, 3.05) is 6.26 Å². The summed E-state index contributed by atoms with van der Waals surface area (Å²) in [5.41, 5.74) is -0.0713. The molecule has 7 heteroatoms. The molecule has 0 radical (unpaired) electrons. The van der Waals surface area contributed by atoms with Crippen molar-refractivity contribution in [2.45, 2.75) is 4.90 Å². The Bertz CT molecular complexity index is 815. The van der Waals surface area contributed by atoms with E-state index in [0.29, 0.717) is 6.07 Å². The second-order valence-corrected chi connectivity index (χ2v) is 6.79. The normalized spacial score (nSPS) is 11.4. The molecule has 0 unspecified atom stereocenters. The van der Waals surface area contributed by atoms with E-state index in [-0.39, 0.29) is 21.0 Å². The van der Waals surface area contributed by atoms with Crippen LogP contribution in [0.4, 0.5) is 8.78 Å². The lowest BCUT2D eigenvalue weighted by Crippen LogP contribution is -2.05. The van der Waals surface area contributed by atoms with Crippen molar-refractivity contribution in [3.63, 3.8) is 0 Å². The fourth-order valence-corrected chi connectivity index (χ4v) is 2.57. The Kier molecular flexibility index (Phi) is 4.11. The first-order valence-corrected chi connectivity index (χ1v) is 7.96. The molecule has 0 aromatic heterocycles.